The van der Waals surface area contributed by atoms with Crippen LogP contribution in [-0.2, 0) is 9.47 Å². The SMILES string of the molecule is CC(C)c1cccc(C(C)C)c1N1C(=O)c2cc3c4c5c(cc6c7c(cc8c(c9c(cc(c2c49)C1=O)Oc1cccc(c1)OCCOCCOc1cccc(c1)O8)c75)C(=O)N(c1c(C(C)C)cccc1C(C)C)C6=O)Oc1cccc(c1)OCCOCCOc1cccc(c1)O3. The maximum absolute atomic E-state index is 16.5. The van der Waals surface area contributed by atoms with Crippen LogP contribution in [0.25, 0.3) is 43.1 Å². The molecule has 0 saturated carbocycles. The van der Waals surface area contributed by atoms with E-state index >= 15 is 19.2 Å². The molecule has 0 unspecified atom stereocenters. The number of hydrogen-bond acceptors (Lipinski definition) is 14. The number of rotatable bonds is 6. The van der Waals surface area contributed by atoms with Gasteiger partial charge in [-0.3, -0.25) is 19.2 Å². The number of anilines is 2. The van der Waals surface area contributed by atoms with Crippen molar-refractivity contribution < 1.29 is 66.5 Å². The minimum atomic E-state index is -0.594. The van der Waals surface area contributed by atoms with Gasteiger partial charge >= 0.3 is 0 Å². The second kappa shape index (κ2) is 24.9. The number of amides is 4. The monoisotopic (exact) mass is 1280 g/mol. The number of ether oxygens (including phenoxy) is 10. The molecule has 11 aromatic carbocycles. The Morgan fingerprint density at radius 3 is 0.740 bits per heavy atom. The molecule has 0 fully saturated rings. The number of hydrogen-bond donors (Lipinski definition) is 0. The van der Waals surface area contributed by atoms with Crippen molar-refractivity contribution in [2.24, 2.45) is 0 Å². The van der Waals surface area contributed by atoms with E-state index in [0.717, 1.165) is 22.3 Å². The molecule has 0 radical (unpaired) electrons. The van der Waals surface area contributed by atoms with Crippen LogP contribution in [0, 0.1) is 0 Å². The lowest BCUT2D eigenvalue weighted by Gasteiger charge is -2.35. The van der Waals surface area contributed by atoms with Crippen LogP contribution in [0.4, 0.5) is 11.4 Å². The summed E-state index contributed by atoms with van der Waals surface area (Å²) in [7, 11) is 0. The molecule has 4 aliphatic heterocycles. The molecule has 0 atom stereocenters. The molecule has 0 aliphatic carbocycles. The highest BCUT2D eigenvalue weighted by Crippen LogP contribution is 2.59. The van der Waals surface area contributed by atoms with Gasteiger partial charge in [-0.15, -0.1) is 0 Å². The Bertz CT molecular complexity index is 4390. The summed E-state index contributed by atoms with van der Waals surface area (Å²) < 4.78 is 66.6. The fourth-order valence-corrected chi connectivity index (χ4v) is 13.9. The summed E-state index contributed by atoms with van der Waals surface area (Å²) >= 11 is 0. The predicted molar refractivity (Wildman–Crippen MR) is 369 cm³/mol. The Morgan fingerprint density at radius 1 is 0.271 bits per heavy atom. The van der Waals surface area contributed by atoms with Gasteiger partial charge in [-0.2, -0.15) is 0 Å². The Kier molecular flexibility index (Phi) is 16.0. The quantitative estimate of drug-likeness (QED) is 0.0876. The molecule has 4 amide bonds. The third-order valence-corrected chi connectivity index (χ3v) is 18.1. The summed E-state index contributed by atoms with van der Waals surface area (Å²) in [5.41, 5.74) is 4.77. The van der Waals surface area contributed by atoms with Crippen molar-refractivity contribution >= 4 is 78.1 Å². The topological polar surface area (TPSA) is 167 Å². The van der Waals surface area contributed by atoms with Gasteiger partial charge in [-0.1, -0.05) is 116 Å². The van der Waals surface area contributed by atoms with Gasteiger partial charge in [0.15, 0.2) is 0 Å². The van der Waals surface area contributed by atoms with Crippen LogP contribution in [0.2, 0.25) is 0 Å². The van der Waals surface area contributed by atoms with Crippen LogP contribution >= 0.6 is 0 Å². The first kappa shape index (κ1) is 61.5. The van der Waals surface area contributed by atoms with E-state index in [4.69, 9.17) is 47.4 Å². The van der Waals surface area contributed by atoms with Crippen molar-refractivity contribution in [2.45, 2.75) is 79.1 Å². The van der Waals surface area contributed by atoms with Crippen molar-refractivity contribution in [2.75, 3.05) is 62.7 Å². The highest BCUT2D eigenvalue weighted by atomic mass is 16.6. The molecule has 484 valence electrons. The first-order chi connectivity index (χ1) is 46.6. The lowest BCUT2D eigenvalue weighted by atomic mass is 9.80. The van der Waals surface area contributed by atoms with Crippen molar-refractivity contribution in [3.63, 3.8) is 0 Å². The van der Waals surface area contributed by atoms with Gasteiger partial charge in [0.25, 0.3) is 23.6 Å². The number of para-hydroxylation sites is 2. The van der Waals surface area contributed by atoms with Crippen LogP contribution in [0.15, 0.2) is 158 Å². The fourth-order valence-electron chi connectivity index (χ4n) is 13.9. The zero-order chi connectivity index (χ0) is 66.2. The van der Waals surface area contributed by atoms with Crippen LogP contribution in [-0.4, -0.2) is 76.5 Å². The molecule has 16 heteroatoms. The third-order valence-electron chi connectivity index (χ3n) is 18.1. The van der Waals surface area contributed by atoms with Crippen LogP contribution < -0.4 is 47.7 Å². The molecule has 4 aliphatic rings. The zero-order valence-corrected chi connectivity index (χ0v) is 54.6. The van der Waals surface area contributed by atoms with Crippen molar-refractivity contribution in [1.29, 1.82) is 0 Å². The van der Waals surface area contributed by atoms with E-state index in [1.165, 1.54) is 9.80 Å². The van der Waals surface area contributed by atoms with E-state index in [2.05, 4.69) is 0 Å². The maximum atomic E-state index is 16.5. The molecule has 11 aromatic rings. The summed E-state index contributed by atoms with van der Waals surface area (Å²) in [6.45, 7) is 18.2. The summed E-state index contributed by atoms with van der Waals surface area (Å²) in [5, 5.41) is 2.66. The lowest BCUT2D eigenvalue weighted by molar-refractivity contribution is 0.0763. The number of carbonyl (C=O) groups excluding carboxylic acids is 4. The van der Waals surface area contributed by atoms with Gasteiger partial charge in [-0.25, -0.2) is 9.80 Å². The van der Waals surface area contributed by atoms with Gasteiger partial charge in [-0.05, 0) is 119 Å². The molecule has 8 bridgehead atoms. The highest BCUT2D eigenvalue weighted by Gasteiger charge is 2.44. The Hall–Kier alpha value is -10.7. The Balaban J connectivity index is 1.15. The number of carbonyl (C=O) groups is 4. The molecular formula is C80H70N2O14. The second-order valence-corrected chi connectivity index (χ2v) is 25.7. The average Bonchev–Trinajstić information content (AvgIpc) is 0.672. The van der Waals surface area contributed by atoms with Crippen molar-refractivity contribution in [3.8, 4) is 69.0 Å². The fraction of sp³-hybridized carbons (Fsp3) is 0.250. The number of benzene rings is 11. The minimum Gasteiger partial charge on any atom is -0.491 e. The molecule has 16 nitrogen and oxygen atoms in total. The summed E-state index contributed by atoms with van der Waals surface area (Å²) in [4.78, 5) is 68.6. The van der Waals surface area contributed by atoms with E-state index in [-0.39, 0.29) is 133 Å². The van der Waals surface area contributed by atoms with E-state index in [1.807, 2.05) is 140 Å². The molecule has 0 aromatic heterocycles. The molecule has 96 heavy (non-hydrogen) atoms. The first-order valence-electron chi connectivity index (χ1n) is 32.8. The number of imide groups is 2. The summed E-state index contributed by atoms with van der Waals surface area (Å²) in [6, 6.07) is 47.2. The standard InChI is InChI=1S/C80H70N2O14/c1-43(2)55-23-13-24-56(44(3)4)75(55)81-77(83)59-39-63-69-71-65(95-53-21-11-17-49(37-53)91-33-29-87-27-31-89-47-15-9-19-51(35-47)93-63)41-61-68-62(80(86)82(79(61)85)76-57(45(5)6)25-14-26-58(76)46(7)8)42-66-72(74(68)71)70-64(40-60(78(81)84)67(59)73(69)70)94-52-20-10-16-48(36-52)90-32-28-88-30-34-92-50-18-12-22-54(38-50)96-66/h9-26,35-46H,27-34H2,1-8H3. The third kappa shape index (κ3) is 10.7. The summed E-state index contributed by atoms with van der Waals surface area (Å²) in [5.74, 6) is 0.954. The van der Waals surface area contributed by atoms with E-state index < -0.39 is 23.6 Å². The average molecular weight is 1280 g/mol. The van der Waals surface area contributed by atoms with Crippen LogP contribution in [0.5, 0.6) is 69.0 Å². The van der Waals surface area contributed by atoms with Gasteiger partial charge in [0.2, 0.25) is 0 Å². The molecule has 0 spiro atoms. The molecular weight excluding hydrogens is 1210 g/mol. The van der Waals surface area contributed by atoms with Crippen molar-refractivity contribution in [1.82, 2.24) is 0 Å². The molecule has 0 saturated heterocycles. The van der Waals surface area contributed by atoms with Gasteiger partial charge in [0.1, 0.15) is 95.4 Å². The van der Waals surface area contributed by atoms with Crippen molar-refractivity contribution in [3.05, 3.63) is 202 Å². The Labute approximate surface area is 555 Å². The maximum Gasteiger partial charge on any atom is 0.266 e. The first-order valence-corrected chi connectivity index (χ1v) is 32.8. The number of nitrogens with zero attached hydrogens (tertiary/aromatic N) is 2. The highest BCUT2D eigenvalue weighted by molar-refractivity contribution is 6.48. The second-order valence-electron chi connectivity index (χ2n) is 25.7. The smallest absolute Gasteiger partial charge is 0.266 e. The molecule has 15 rings (SSSR count). The normalized spacial score (nSPS) is 15.3. The Morgan fingerprint density at radius 2 is 0.500 bits per heavy atom. The number of fused-ring (bicyclic) bond motifs is 8. The largest absolute Gasteiger partial charge is 0.491 e. The van der Waals surface area contributed by atoms with Gasteiger partial charge in [0.05, 0.1) is 60.1 Å². The lowest BCUT2D eigenvalue weighted by Crippen LogP contribution is -2.42. The van der Waals surface area contributed by atoms with Gasteiger partial charge in [0, 0.05) is 67.4 Å². The molecule has 4 heterocycles. The summed E-state index contributed by atoms with van der Waals surface area (Å²) in [6.07, 6.45) is 0. The van der Waals surface area contributed by atoms with E-state index in [0.29, 0.717) is 89.7 Å². The predicted octanol–water partition coefficient (Wildman–Crippen LogP) is 18.6. The van der Waals surface area contributed by atoms with E-state index in [9.17, 15) is 0 Å². The minimum absolute atomic E-state index is 0.115. The van der Waals surface area contributed by atoms with Crippen LogP contribution in [0.3, 0.4) is 0 Å². The zero-order valence-electron chi connectivity index (χ0n) is 54.6. The van der Waals surface area contributed by atoms with Gasteiger partial charge < -0.3 is 47.4 Å². The molecule has 0 N–H and O–H groups in total. The van der Waals surface area contributed by atoms with Crippen LogP contribution in [0.1, 0.15) is 143 Å². The van der Waals surface area contributed by atoms with E-state index in [1.54, 1.807) is 72.8 Å².